The van der Waals surface area contributed by atoms with Crippen LogP contribution in [0, 0.1) is 0 Å². The summed E-state index contributed by atoms with van der Waals surface area (Å²) in [6.07, 6.45) is 4.33. The number of ether oxygens (including phenoxy) is 1. The van der Waals surface area contributed by atoms with E-state index in [1.165, 1.54) is 12.8 Å². The molecule has 1 aromatic rings. The largest absolute Gasteiger partial charge is 0.488 e. The number of rotatable bonds is 4. The highest BCUT2D eigenvalue weighted by Gasteiger charge is 2.24. The molecule has 0 spiro atoms. The van der Waals surface area contributed by atoms with E-state index in [1.54, 1.807) is 0 Å². The molecule has 1 saturated heterocycles. The summed E-state index contributed by atoms with van der Waals surface area (Å²) in [6.45, 7) is 5.46. The molecule has 2 aliphatic rings. The van der Waals surface area contributed by atoms with Crippen molar-refractivity contribution in [1.29, 1.82) is 0 Å². The smallest absolute Gasteiger partial charge is 0.250 e. The standard InChI is InChI=1S/C17H22N2O2/c1-2-19-9-5-7-15(19)11-18-17(20)14-10-13-6-3-4-8-16(13)21-12-14/h3-4,6,8,10,15H,2,5,7,9,11-12H2,1H3,(H,18,20)/t15-/m0/s1. The van der Waals surface area contributed by atoms with Crippen LogP contribution in [-0.4, -0.2) is 43.1 Å². The Balaban J connectivity index is 1.60. The Kier molecular flexibility index (Phi) is 4.25. The number of hydrogen-bond donors (Lipinski definition) is 1. The van der Waals surface area contributed by atoms with Gasteiger partial charge in [-0.2, -0.15) is 0 Å². The molecule has 4 nitrogen and oxygen atoms in total. The fourth-order valence-corrected chi connectivity index (χ4v) is 3.11. The van der Waals surface area contributed by atoms with Gasteiger partial charge in [0, 0.05) is 18.2 Å². The maximum Gasteiger partial charge on any atom is 0.250 e. The molecule has 0 unspecified atom stereocenters. The molecule has 0 radical (unpaired) electrons. The molecule has 2 heterocycles. The Bertz CT molecular complexity index is 553. The van der Waals surface area contributed by atoms with Crippen molar-refractivity contribution < 1.29 is 9.53 Å². The molecule has 3 rings (SSSR count). The molecule has 1 amide bonds. The summed E-state index contributed by atoms with van der Waals surface area (Å²) in [5.74, 6) is 0.842. The fourth-order valence-electron chi connectivity index (χ4n) is 3.11. The van der Waals surface area contributed by atoms with E-state index in [0.29, 0.717) is 18.2 Å². The predicted molar refractivity (Wildman–Crippen MR) is 83.2 cm³/mol. The van der Waals surface area contributed by atoms with E-state index >= 15 is 0 Å². The van der Waals surface area contributed by atoms with E-state index in [1.807, 2.05) is 30.3 Å². The first-order valence-corrected chi connectivity index (χ1v) is 7.72. The van der Waals surface area contributed by atoms with Crippen LogP contribution in [0.15, 0.2) is 29.8 Å². The lowest BCUT2D eigenvalue weighted by Gasteiger charge is -2.23. The van der Waals surface area contributed by atoms with Crippen LogP contribution in [0.1, 0.15) is 25.3 Å². The van der Waals surface area contributed by atoms with E-state index < -0.39 is 0 Å². The molecule has 0 saturated carbocycles. The number of hydrogen-bond acceptors (Lipinski definition) is 3. The van der Waals surface area contributed by atoms with Gasteiger partial charge in [0.1, 0.15) is 12.4 Å². The first kappa shape index (κ1) is 14.1. The Morgan fingerprint density at radius 2 is 2.29 bits per heavy atom. The van der Waals surface area contributed by atoms with Crippen molar-refractivity contribution in [2.45, 2.75) is 25.8 Å². The van der Waals surface area contributed by atoms with E-state index in [0.717, 1.165) is 30.9 Å². The van der Waals surface area contributed by atoms with Crippen LogP contribution in [0.2, 0.25) is 0 Å². The van der Waals surface area contributed by atoms with Crippen LogP contribution in [-0.2, 0) is 4.79 Å². The number of carbonyl (C=O) groups excluding carboxylic acids is 1. The van der Waals surface area contributed by atoms with Gasteiger partial charge in [-0.05, 0) is 38.1 Å². The number of likely N-dealkylation sites (N-methyl/N-ethyl adjacent to an activating group) is 1. The van der Waals surface area contributed by atoms with Crippen molar-refractivity contribution >= 4 is 12.0 Å². The average molecular weight is 286 g/mol. The first-order chi connectivity index (χ1) is 10.3. The third-order valence-electron chi connectivity index (χ3n) is 4.33. The molecule has 112 valence electrons. The van der Waals surface area contributed by atoms with Gasteiger partial charge >= 0.3 is 0 Å². The Morgan fingerprint density at radius 3 is 3.14 bits per heavy atom. The highest BCUT2D eigenvalue weighted by Crippen LogP contribution is 2.25. The summed E-state index contributed by atoms with van der Waals surface area (Å²) in [6, 6.07) is 8.28. The minimum Gasteiger partial charge on any atom is -0.488 e. The lowest BCUT2D eigenvalue weighted by molar-refractivity contribution is -0.118. The summed E-state index contributed by atoms with van der Waals surface area (Å²) >= 11 is 0. The summed E-state index contributed by atoms with van der Waals surface area (Å²) in [4.78, 5) is 14.7. The zero-order valence-electron chi connectivity index (χ0n) is 12.5. The number of amides is 1. The van der Waals surface area contributed by atoms with Crippen molar-refractivity contribution in [2.75, 3.05) is 26.2 Å². The fraction of sp³-hybridized carbons (Fsp3) is 0.471. The number of benzene rings is 1. The molecule has 21 heavy (non-hydrogen) atoms. The van der Waals surface area contributed by atoms with Crippen molar-refractivity contribution in [3.05, 3.63) is 35.4 Å². The maximum atomic E-state index is 12.3. The van der Waals surface area contributed by atoms with Gasteiger partial charge < -0.3 is 10.1 Å². The second kappa shape index (κ2) is 6.31. The van der Waals surface area contributed by atoms with Crippen LogP contribution in [0.3, 0.4) is 0 Å². The topological polar surface area (TPSA) is 41.6 Å². The number of para-hydroxylation sites is 1. The molecule has 0 aromatic heterocycles. The minimum atomic E-state index is -0.00699. The minimum absolute atomic E-state index is 0.00699. The summed E-state index contributed by atoms with van der Waals surface area (Å²) in [7, 11) is 0. The molecule has 0 aliphatic carbocycles. The third kappa shape index (κ3) is 3.10. The van der Waals surface area contributed by atoms with Crippen molar-refractivity contribution in [3.63, 3.8) is 0 Å². The molecule has 1 atom stereocenters. The van der Waals surface area contributed by atoms with Crippen LogP contribution in [0.5, 0.6) is 5.75 Å². The van der Waals surface area contributed by atoms with Gasteiger partial charge in [-0.25, -0.2) is 0 Å². The zero-order valence-corrected chi connectivity index (χ0v) is 12.5. The van der Waals surface area contributed by atoms with Crippen LogP contribution < -0.4 is 10.1 Å². The first-order valence-electron chi connectivity index (χ1n) is 7.72. The van der Waals surface area contributed by atoms with Crippen molar-refractivity contribution in [1.82, 2.24) is 10.2 Å². The third-order valence-corrected chi connectivity index (χ3v) is 4.33. The normalized spacial score (nSPS) is 21.4. The molecule has 2 aliphatic heterocycles. The number of carbonyl (C=O) groups is 1. The molecule has 0 bridgehead atoms. The van der Waals surface area contributed by atoms with E-state index in [9.17, 15) is 4.79 Å². The Labute approximate surface area is 125 Å². The van der Waals surface area contributed by atoms with Crippen LogP contribution in [0.4, 0.5) is 0 Å². The molecule has 1 aromatic carbocycles. The second-order valence-corrected chi connectivity index (χ2v) is 5.63. The van der Waals surface area contributed by atoms with Gasteiger partial charge in [0.25, 0.3) is 5.91 Å². The lowest BCUT2D eigenvalue weighted by atomic mass is 10.1. The van der Waals surface area contributed by atoms with Gasteiger partial charge in [-0.15, -0.1) is 0 Å². The summed E-state index contributed by atoms with van der Waals surface area (Å²) < 4.78 is 5.63. The van der Waals surface area contributed by atoms with Gasteiger partial charge in [-0.3, -0.25) is 9.69 Å². The Hall–Kier alpha value is -1.81. The van der Waals surface area contributed by atoms with Gasteiger partial charge in [0.15, 0.2) is 0 Å². The molecular formula is C17H22N2O2. The van der Waals surface area contributed by atoms with Crippen LogP contribution in [0.25, 0.3) is 6.08 Å². The second-order valence-electron chi connectivity index (χ2n) is 5.63. The SMILES string of the molecule is CCN1CCC[C@H]1CNC(=O)C1=Cc2ccccc2OC1. The molecule has 1 N–H and O–H groups in total. The van der Waals surface area contributed by atoms with Gasteiger partial charge in [-0.1, -0.05) is 25.1 Å². The van der Waals surface area contributed by atoms with Crippen molar-refractivity contribution in [3.8, 4) is 5.75 Å². The average Bonchev–Trinajstić information content (AvgIpc) is 2.99. The highest BCUT2D eigenvalue weighted by molar-refractivity contribution is 5.99. The van der Waals surface area contributed by atoms with Gasteiger partial charge in [0.05, 0.1) is 5.57 Å². The van der Waals surface area contributed by atoms with E-state index in [-0.39, 0.29) is 5.91 Å². The molecule has 4 heteroatoms. The van der Waals surface area contributed by atoms with E-state index in [4.69, 9.17) is 4.74 Å². The number of nitrogens with one attached hydrogen (secondary N) is 1. The monoisotopic (exact) mass is 286 g/mol. The number of fused-ring (bicyclic) bond motifs is 1. The predicted octanol–water partition coefficient (Wildman–Crippen LogP) is 2.06. The molecule has 1 fully saturated rings. The summed E-state index contributed by atoms with van der Waals surface area (Å²) in [5, 5.41) is 3.06. The quantitative estimate of drug-likeness (QED) is 0.921. The zero-order chi connectivity index (χ0) is 14.7. The maximum absolute atomic E-state index is 12.3. The summed E-state index contributed by atoms with van der Waals surface area (Å²) in [5.41, 5.74) is 1.68. The molecular weight excluding hydrogens is 264 g/mol. The van der Waals surface area contributed by atoms with Crippen LogP contribution >= 0.6 is 0 Å². The van der Waals surface area contributed by atoms with E-state index in [2.05, 4.69) is 17.1 Å². The van der Waals surface area contributed by atoms with Crippen molar-refractivity contribution in [2.24, 2.45) is 0 Å². The number of likely N-dealkylation sites (tertiary alicyclic amines) is 1. The lowest BCUT2D eigenvalue weighted by Crippen LogP contribution is -2.41. The number of nitrogens with zero attached hydrogens (tertiary/aromatic N) is 1. The highest BCUT2D eigenvalue weighted by atomic mass is 16.5. The van der Waals surface area contributed by atoms with Gasteiger partial charge in [0.2, 0.25) is 0 Å². The Morgan fingerprint density at radius 1 is 1.43 bits per heavy atom.